The third-order valence-corrected chi connectivity index (χ3v) is 4.15. The fourth-order valence-electron chi connectivity index (χ4n) is 2.84. The molecule has 0 fully saturated rings. The Balaban J connectivity index is 1.68. The molecule has 2 aromatic carbocycles. The number of methoxy groups -OCH3 is 1. The second kappa shape index (κ2) is 7.17. The average molecular weight is 338 g/mol. The van der Waals surface area contributed by atoms with E-state index in [1.807, 2.05) is 24.3 Å². The molecule has 1 aliphatic rings. The molecule has 1 heterocycles. The molecule has 1 aliphatic heterocycles. The summed E-state index contributed by atoms with van der Waals surface area (Å²) >= 11 is 0. The van der Waals surface area contributed by atoms with Crippen LogP contribution in [0.4, 0.5) is 5.69 Å². The summed E-state index contributed by atoms with van der Waals surface area (Å²) in [5, 5.41) is 2.54. The van der Waals surface area contributed by atoms with E-state index in [1.54, 1.807) is 18.2 Å². The zero-order valence-corrected chi connectivity index (χ0v) is 13.8. The van der Waals surface area contributed by atoms with Crippen LogP contribution in [-0.2, 0) is 27.3 Å². The highest BCUT2D eigenvalue weighted by atomic mass is 16.5. The number of fused-ring (bicyclic) bond motifs is 1. The van der Waals surface area contributed by atoms with Crippen LogP contribution in [0, 0.1) is 0 Å². The minimum atomic E-state index is -0.721. The van der Waals surface area contributed by atoms with Crippen molar-refractivity contribution in [3.63, 3.8) is 0 Å². The maximum atomic E-state index is 12.4. The minimum absolute atomic E-state index is 0.305. The van der Waals surface area contributed by atoms with Crippen LogP contribution in [0.5, 0.6) is 0 Å². The lowest BCUT2D eigenvalue weighted by Crippen LogP contribution is -2.42. The zero-order chi connectivity index (χ0) is 17.8. The summed E-state index contributed by atoms with van der Waals surface area (Å²) in [6, 6.07) is 14.2. The van der Waals surface area contributed by atoms with Crippen LogP contribution in [0.3, 0.4) is 0 Å². The van der Waals surface area contributed by atoms with Gasteiger partial charge in [0, 0.05) is 18.8 Å². The third kappa shape index (κ3) is 3.68. The number of rotatable bonds is 2. The maximum Gasteiger partial charge on any atom is 0.337 e. The highest BCUT2D eigenvalue weighted by Crippen LogP contribution is 2.19. The standard InChI is InChI=1S/C19H18N2O4/c1-25-19(24)14-7-4-8-16(11-14)20-17(22)18(23)21-10-9-13-5-2-3-6-15(13)12-21/h2-8,11H,9-10,12H2,1H3,(H,20,22). The number of amides is 2. The van der Waals surface area contributed by atoms with Crippen molar-refractivity contribution in [2.75, 3.05) is 19.0 Å². The van der Waals surface area contributed by atoms with Crippen LogP contribution >= 0.6 is 0 Å². The molecular formula is C19H18N2O4. The summed E-state index contributed by atoms with van der Waals surface area (Å²) in [6.07, 6.45) is 0.729. The molecule has 6 nitrogen and oxygen atoms in total. The van der Waals surface area contributed by atoms with Crippen molar-refractivity contribution in [1.82, 2.24) is 4.90 Å². The van der Waals surface area contributed by atoms with Gasteiger partial charge in [0.15, 0.2) is 0 Å². The lowest BCUT2D eigenvalue weighted by atomic mass is 10.00. The molecule has 0 radical (unpaired) electrons. The van der Waals surface area contributed by atoms with E-state index >= 15 is 0 Å². The molecule has 0 atom stereocenters. The number of esters is 1. The first-order chi connectivity index (χ1) is 12.1. The summed E-state index contributed by atoms with van der Waals surface area (Å²) in [5.41, 5.74) is 2.94. The number of carbonyl (C=O) groups excluding carboxylic acids is 3. The lowest BCUT2D eigenvalue weighted by molar-refractivity contribution is -0.143. The van der Waals surface area contributed by atoms with E-state index in [2.05, 4.69) is 10.1 Å². The van der Waals surface area contributed by atoms with Crippen LogP contribution in [0.15, 0.2) is 48.5 Å². The Hall–Kier alpha value is -3.15. The average Bonchev–Trinajstić information content (AvgIpc) is 2.66. The summed E-state index contributed by atoms with van der Waals surface area (Å²) in [5.74, 6) is -1.81. The van der Waals surface area contributed by atoms with Crippen molar-refractivity contribution in [2.45, 2.75) is 13.0 Å². The van der Waals surface area contributed by atoms with Gasteiger partial charge in [-0.3, -0.25) is 9.59 Å². The van der Waals surface area contributed by atoms with Crippen LogP contribution in [0.25, 0.3) is 0 Å². The van der Waals surface area contributed by atoms with E-state index in [0.717, 1.165) is 12.0 Å². The van der Waals surface area contributed by atoms with E-state index in [4.69, 9.17) is 0 Å². The van der Waals surface area contributed by atoms with Gasteiger partial charge in [0.1, 0.15) is 0 Å². The molecule has 0 bridgehead atoms. The Labute approximate surface area is 145 Å². The van der Waals surface area contributed by atoms with Crippen molar-refractivity contribution in [3.05, 3.63) is 65.2 Å². The minimum Gasteiger partial charge on any atom is -0.465 e. The quantitative estimate of drug-likeness (QED) is 0.671. The van der Waals surface area contributed by atoms with Gasteiger partial charge in [-0.25, -0.2) is 4.79 Å². The zero-order valence-electron chi connectivity index (χ0n) is 13.8. The molecule has 1 N–H and O–H groups in total. The van der Waals surface area contributed by atoms with Crippen LogP contribution in [0.1, 0.15) is 21.5 Å². The first-order valence-corrected chi connectivity index (χ1v) is 7.94. The first-order valence-electron chi connectivity index (χ1n) is 7.94. The van der Waals surface area contributed by atoms with Gasteiger partial charge < -0.3 is 15.0 Å². The third-order valence-electron chi connectivity index (χ3n) is 4.15. The monoisotopic (exact) mass is 338 g/mol. The fourth-order valence-corrected chi connectivity index (χ4v) is 2.84. The first kappa shape index (κ1) is 16.7. The summed E-state index contributed by atoms with van der Waals surface area (Å²) in [7, 11) is 1.28. The van der Waals surface area contributed by atoms with Gasteiger partial charge in [-0.15, -0.1) is 0 Å². The van der Waals surface area contributed by atoms with Gasteiger partial charge in [-0.2, -0.15) is 0 Å². The number of hydrogen-bond acceptors (Lipinski definition) is 4. The van der Waals surface area contributed by atoms with Gasteiger partial charge >= 0.3 is 17.8 Å². The van der Waals surface area contributed by atoms with Gasteiger partial charge in [0.2, 0.25) is 0 Å². The molecule has 25 heavy (non-hydrogen) atoms. The second-order valence-electron chi connectivity index (χ2n) is 5.77. The van der Waals surface area contributed by atoms with Crippen LogP contribution in [0.2, 0.25) is 0 Å². The Kier molecular flexibility index (Phi) is 4.79. The molecule has 6 heteroatoms. The number of carbonyl (C=O) groups is 3. The normalized spacial score (nSPS) is 12.9. The van der Waals surface area contributed by atoms with Crippen LogP contribution in [-0.4, -0.2) is 36.3 Å². The number of nitrogens with zero attached hydrogens (tertiary/aromatic N) is 1. The second-order valence-corrected chi connectivity index (χ2v) is 5.77. The Morgan fingerprint density at radius 3 is 2.56 bits per heavy atom. The van der Waals surface area contributed by atoms with Crippen LogP contribution < -0.4 is 5.32 Å². The SMILES string of the molecule is COC(=O)c1cccc(NC(=O)C(=O)N2CCc3ccccc3C2)c1. The smallest absolute Gasteiger partial charge is 0.337 e. The Bertz CT molecular complexity index is 832. The van der Waals surface area contributed by atoms with Crippen molar-refractivity contribution in [3.8, 4) is 0 Å². The number of hydrogen-bond donors (Lipinski definition) is 1. The number of nitrogens with one attached hydrogen (secondary N) is 1. The molecule has 0 unspecified atom stereocenters. The fraction of sp³-hybridized carbons (Fsp3) is 0.211. The van der Waals surface area contributed by atoms with Gasteiger partial charge in [0.25, 0.3) is 0 Å². The molecule has 0 spiro atoms. The molecule has 128 valence electrons. The maximum absolute atomic E-state index is 12.4. The summed E-state index contributed by atoms with van der Waals surface area (Å²) < 4.78 is 4.65. The van der Waals surface area contributed by atoms with Crippen molar-refractivity contribution < 1.29 is 19.1 Å². The molecule has 0 aliphatic carbocycles. The van der Waals surface area contributed by atoms with Gasteiger partial charge in [-0.05, 0) is 35.7 Å². The summed E-state index contributed by atoms with van der Waals surface area (Å²) in [6.45, 7) is 0.927. The van der Waals surface area contributed by atoms with Gasteiger partial charge in [-0.1, -0.05) is 30.3 Å². The van der Waals surface area contributed by atoms with Crippen molar-refractivity contribution in [2.24, 2.45) is 0 Å². The molecule has 0 saturated heterocycles. The molecular weight excluding hydrogens is 320 g/mol. The highest BCUT2D eigenvalue weighted by Gasteiger charge is 2.25. The largest absolute Gasteiger partial charge is 0.465 e. The number of anilines is 1. The number of ether oxygens (including phenoxy) is 1. The molecule has 3 rings (SSSR count). The van der Waals surface area contributed by atoms with E-state index < -0.39 is 17.8 Å². The topological polar surface area (TPSA) is 75.7 Å². The molecule has 0 saturated carbocycles. The van der Waals surface area contributed by atoms with Crippen molar-refractivity contribution >= 4 is 23.5 Å². The van der Waals surface area contributed by atoms with Crippen molar-refractivity contribution in [1.29, 1.82) is 0 Å². The van der Waals surface area contributed by atoms with E-state index in [9.17, 15) is 14.4 Å². The predicted molar refractivity (Wildman–Crippen MR) is 92.0 cm³/mol. The molecule has 0 aromatic heterocycles. The highest BCUT2D eigenvalue weighted by molar-refractivity contribution is 6.39. The van der Waals surface area contributed by atoms with E-state index in [0.29, 0.717) is 24.3 Å². The number of benzene rings is 2. The van der Waals surface area contributed by atoms with Gasteiger partial charge in [0.05, 0.1) is 12.7 Å². The lowest BCUT2D eigenvalue weighted by Gasteiger charge is -2.28. The molecule has 2 amide bonds. The summed E-state index contributed by atoms with van der Waals surface area (Å²) in [4.78, 5) is 37.7. The predicted octanol–water partition coefficient (Wildman–Crippen LogP) is 2.00. The Morgan fingerprint density at radius 2 is 1.80 bits per heavy atom. The van der Waals surface area contributed by atoms with E-state index in [1.165, 1.54) is 23.6 Å². The van der Waals surface area contributed by atoms with E-state index in [-0.39, 0.29) is 0 Å². The Morgan fingerprint density at radius 1 is 1.04 bits per heavy atom. The molecule has 2 aromatic rings.